The fourth-order valence-electron chi connectivity index (χ4n) is 2.72. The average molecular weight is 301 g/mol. The maximum Gasteiger partial charge on any atom is 0.229 e. The van der Waals surface area contributed by atoms with Crippen LogP contribution in [0.4, 0.5) is 10.2 Å². The van der Waals surface area contributed by atoms with Crippen LogP contribution in [0.3, 0.4) is 0 Å². The lowest BCUT2D eigenvalue weighted by Gasteiger charge is -2.14. The number of amides is 1. The van der Waals surface area contributed by atoms with E-state index < -0.39 is 0 Å². The van der Waals surface area contributed by atoms with Crippen molar-refractivity contribution < 1.29 is 9.18 Å². The Morgan fingerprint density at radius 3 is 2.82 bits per heavy atom. The number of benzene rings is 1. The lowest BCUT2D eigenvalue weighted by Crippen LogP contribution is -2.19. The molecule has 3 atom stereocenters. The third-order valence-corrected chi connectivity index (χ3v) is 4.36. The van der Waals surface area contributed by atoms with Gasteiger partial charge >= 0.3 is 0 Å². The van der Waals surface area contributed by atoms with Crippen molar-refractivity contribution in [1.82, 2.24) is 9.78 Å². The van der Waals surface area contributed by atoms with Crippen molar-refractivity contribution in [3.63, 3.8) is 0 Å². The summed E-state index contributed by atoms with van der Waals surface area (Å²) in [7, 11) is 0. The van der Waals surface area contributed by atoms with Gasteiger partial charge in [-0.1, -0.05) is 19.1 Å². The third-order valence-electron chi connectivity index (χ3n) is 4.36. The zero-order valence-corrected chi connectivity index (χ0v) is 12.8. The van der Waals surface area contributed by atoms with Crippen LogP contribution in [0, 0.1) is 11.7 Å². The van der Waals surface area contributed by atoms with Crippen molar-refractivity contribution in [2.24, 2.45) is 5.92 Å². The Hall–Kier alpha value is -2.17. The van der Waals surface area contributed by atoms with E-state index in [1.165, 1.54) is 12.1 Å². The van der Waals surface area contributed by atoms with E-state index in [1.54, 1.807) is 18.3 Å². The average Bonchev–Trinajstić information content (AvgIpc) is 3.20. The molecule has 1 fully saturated rings. The number of aromatic nitrogens is 2. The molecule has 0 spiro atoms. The summed E-state index contributed by atoms with van der Waals surface area (Å²) in [4.78, 5) is 12.4. The highest BCUT2D eigenvalue weighted by molar-refractivity contribution is 5.94. The zero-order chi connectivity index (χ0) is 15.7. The van der Waals surface area contributed by atoms with Gasteiger partial charge in [-0.3, -0.25) is 4.79 Å². The van der Waals surface area contributed by atoms with Crippen molar-refractivity contribution in [2.75, 3.05) is 5.32 Å². The Morgan fingerprint density at radius 2 is 2.14 bits per heavy atom. The number of nitrogens with one attached hydrogen (secondary N) is 1. The lowest BCUT2D eigenvalue weighted by atomic mass is 10.1. The summed E-state index contributed by atoms with van der Waals surface area (Å²) < 4.78 is 14.8. The quantitative estimate of drug-likeness (QED) is 0.914. The molecule has 0 radical (unpaired) electrons. The Kier molecular flexibility index (Phi) is 3.96. The first-order valence-electron chi connectivity index (χ1n) is 7.70. The molecule has 1 heterocycles. The van der Waals surface area contributed by atoms with Crippen LogP contribution in [-0.2, 0) is 4.79 Å². The molecule has 0 aliphatic heterocycles. The van der Waals surface area contributed by atoms with Gasteiger partial charge in [0.15, 0.2) is 0 Å². The minimum absolute atomic E-state index is 0.0133. The van der Waals surface area contributed by atoms with Crippen LogP contribution in [0.5, 0.6) is 0 Å². The Morgan fingerprint density at radius 1 is 1.41 bits per heavy atom. The molecule has 116 valence electrons. The topological polar surface area (TPSA) is 46.9 Å². The monoisotopic (exact) mass is 301 g/mol. The molecule has 0 saturated heterocycles. The highest BCUT2D eigenvalue weighted by atomic mass is 19.1. The normalized spacial score (nSPS) is 21.4. The maximum absolute atomic E-state index is 12.9. The van der Waals surface area contributed by atoms with Gasteiger partial charge < -0.3 is 5.32 Å². The van der Waals surface area contributed by atoms with Crippen LogP contribution in [-0.4, -0.2) is 15.7 Å². The summed E-state index contributed by atoms with van der Waals surface area (Å²) >= 11 is 0. The second-order valence-electron chi connectivity index (χ2n) is 5.91. The van der Waals surface area contributed by atoms with E-state index in [9.17, 15) is 9.18 Å². The molecule has 2 aromatic rings. The van der Waals surface area contributed by atoms with Crippen LogP contribution in [0.15, 0.2) is 36.5 Å². The van der Waals surface area contributed by atoms with Crippen LogP contribution >= 0.6 is 0 Å². The van der Waals surface area contributed by atoms with E-state index >= 15 is 0 Å². The summed E-state index contributed by atoms with van der Waals surface area (Å²) in [6.45, 7) is 4.16. The Bertz CT molecular complexity index is 665. The number of anilines is 1. The molecule has 3 unspecified atom stereocenters. The van der Waals surface area contributed by atoms with Gasteiger partial charge in [-0.15, -0.1) is 0 Å². The SMILES string of the molecule is CCC(C)n1nccc1NC(=O)C1CC1c1ccc(F)cc1. The zero-order valence-electron chi connectivity index (χ0n) is 12.8. The van der Waals surface area contributed by atoms with Crippen LogP contribution in [0.1, 0.15) is 44.2 Å². The van der Waals surface area contributed by atoms with Crippen LogP contribution in [0.2, 0.25) is 0 Å². The fraction of sp³-hybridized carbons (Fsp3) is 0.412. The van der Waals surface area contributed by atoms with Gasteiger partial charge in [-0.2, -0.15) is 5.10 Å². The first-order chi connectivity index (χ1) is 10.6. The van der Waals surface area contributed by atoms with E-state index in [0.29, 0.717) is 0 Å². The lowest BCUT2D eigenvalue weighted by molar-refractivity contribution is -0.117. The Labute approximate surface area is 129 Å². The van der Waals surface area contributed by atoms with Gasteiger partial charge in [-0.05, 0) is 43.4 Å². The van der Waals surface area contributed by atoms with Gasteiger partial charge in [0.1, 0.15) is 11.6 Å². The highest BCUT2D eigenvalue weighted by Gasteiger charge is 2.44. The summed E-state index contributed by atoms with van der Waals surface area (Å²) in [5.41, 5.74) is 1.02. The molecule has 1 aromatic carbocycles. The molecule has 1 aliphatic rings. The first kappa shape index (κ1) is 14.8. The number of hydrogen-bond acceptors (Lipinski definition) is 2. The molecular weight excluding hydrogens is 281 g/mol. The van der Waals surface area contributed by atoms with Crippen molar-refractivity contribution in [2.45, 2.75) is 38.6 Å². The predicted molar refractivity (Wildman–Crippen MR) is 83.1 cm³/mol. The van der Waals surface area contributed by atoms with E-state index in [0.717, 1.165) is 24.2 Å². The number of rotatable bonds is 5. The van der Waals surface area contributed by atoms with Gasteiger partial charge in [-0.25, -0.2) is 9.07 Å². The summed E-state index contributed by atoms with van der Waals surface area (Å²) in [5, 5.41) is 7.23. The number of halogens is 1. The van der Waals surface area contributed by atoms with E-state index in [-0.39, 0.29) is 29.6 Å². The van der Waals surface area contributed by atoms with Gasteiger partial charge in [0.2, 0.25) is 5.91 Å². The molecule has 5 heteroatoms. The number of nitrogens with zero attached hydrogens (tertiary/aromatic N) is 2. The second-order valence-corrected chi connectivity index (χ2v) is 5.91. The first-order valence-corrected chi connectivity index (χ1v) is 7.70. The summed E-state index contributed by atoms with van der Waals surface area (Å²) in [5.74, 6) is 0.664. The molecule has 1 aliphatic carbocycles. The maximum atomic E-state index is 12.9. The molecule has 4 nitrogen and oxygen atoms in total. The minimum atomic E-state index is -0.247. The van der Waals surface area contributed by atoms with Crippen molar-refractivity contribution in [1.29, 1.82) is 0 Å². The summed E-state index contributed by atoms with van der Waals surface area (Å²) in [6, 6.07) is 8.48. The van der Waals surface area contributed by atoms with Crippen molar-refractivity contribution >= 4 is 11.7 Å². The smallest absolute Gasteiger partial charge is 0.229 e. The number of hydrogen-bond donors (Lipinski definition) is 1. The molecule has 0 bridgehead atoms. The minimum Gasteiger partial charge on any atom is -0.311 e. The van der Waals surface area contributed by atoms with E-state index in [2.05, 4.69) is 24.3 Å². The number of carbonyl (C=O) groups is 1. The van der Waals surface area contributed by atoms with Gasteiger partial charge in [0.05, 0.1) is 12.2 Å². The molecule has 22 heavy (non-hydrogen) atoms. The Balaban J connectivity index is 1.65. The van der Waals surface area contributed by atoms with Crippen molar-refractivity contribution in [3.8, 4) is 0 Å². The van der Waals surface area contributed by atoms with Crippen LogP contribution in [0.25, 0.3) is 0 Å². The number of carbonyl (C=O) groups excluding carboxylic acids is 1. The van der Waals surface area contributed by atoms with Crippen molar-refractivity contribution in [3.05, 3.63) is 47.9 Å². The van der Waals surface area contributed by atoms with E-state index in [4.69, 9.17) is 0 Å². The molecule has 1 saturated carbocycles. The third kappa shape index (κ3) is 2.89. The van der Waals surface area contributed by atoms with E-state index in [1.807, 2.05) is 10.7 Å². The second kappa shape index (κ2) is 5.91. The summed E-state index contributed by atoms with van der Waals surface area (Å²) in [6.07, 6.45) is 3.47. The largest absolute Gasteiger partial charge is 0.311 e. The standard InChI is InChI=1S/C17H20FN3O/c1-3-11(2)21-16(8-9-19-21)20-17(22)15-10-14(15)12-4-6-13(18)7-5-12/h4-9,11,14-15H,3,10H2,1-2H3,(H,20,22). The van der Waals surface area contributed by atoms with Gasteiger partial charge in [0.25, 0.3) is 0 Å². The molecular formula is C17H20FN3O. The highest BCUT2D eigenvalue weighted by Crippen LogP contribution is 2.48. The molecule has 1 N–H and O–H groups in total. The molecule has 1 amide bonds. The molecule has 1 aromatic heterocycles. The predicted octanol–water partition coefficient (Wildman–Crippen LogP) is 3.74. The van der Waals surface area contributed by atoms with Gasteiger partial charge in [0, 0.05) is 12.0 Å². The fourth-order valence-corrected chi connectivity index (χ4v) is 2.72. The van der Waals surface area contributed by atoms with Crippen LogP contribution < -0.4 is 5.32 Å². The molecule has 3 rings (SSSR count).